The van der Waals surface area contributed by atoms with Gasteiger partial charge >= 0.3 is 0 Å². The SMILES string of the molecule is [C-]#[N+]c1c(-c2ccccc2)c(C#N)c(-n2c3cc4oc5ccccc5c4cc3c3ccc4c5ccccc5sc4c32)c(-c2ccccc2)c1-n1c2cccc3c4cncnc4c4cccc1c4c32. The molecule has 68 heavy (non-hydrogen) atoms. The zero-order chi connectivity index (χ0) is 44.8. The van der Waals surface area contributed by atoms with Crippen molar-refractivity contribution < 1.29 is 4.42 Å². The second kappa shape index (κ2) is 13.6. The van der Waals surface area contributed by atoms with Crippen molar-refractivity contribution in [2.24, 2.45) is 0 Å². The fourth-order valence-electron chi connectivity index (χ4n) is 11.4. The largest absolute Gasteiger partial charge is 0.456 e. The molecule has 5 aromatic heterocycles. The topological polar surface area (TPSA) is 76.9 Å². The van der Waals surface area contributed by atoms with E-state index in [4.69, 9.17) is 9.40 Å². The second-order valence-corrected chi connectivity index (χ2v) is 18.4. The molecule has 312 valence electrons. The van der Waals surface area contributed by atoms with Crippen LogP contribution in [0.5, 0.6) is 0 Å². The highest BCUT2D eigenvalue weighted by molar-refractivity contribution is 7.26. The van der Waals surface area contributed by atoms with Crippen molar-refractivity contribution in [3.63, 3.8) is 0 Å². The number of hydrogen-bond donors (Lipinski definition) is 0. The molecular formula is C60H30N6OS. The molecule has 0 aliphatic heterocycles. The van der Waals surface area contributed by atoms with Gasteiger partial charge in [-0.2, -0.15) is 5.26 Å². The summed E-state index contributed by atoms with van der Waals surface area (Å²) in [6.07, 6.45) is 3.52. The molecule has 15 aromatic rings. The van der Waals surface area contributed by atoms with Gasteiger partial charge < -0.3 is 13.6 Å². The van der Waals surface area contributed by atoms with E-state index < -0.39 is 0 Å². The maximum Gasteiger partial charge on any atom is 0.220 e. The lowest BCUT2D eigenvalue weighted by Crippen LogP contribution is -2.08. The third-order valence-electron chi connectivity index (χ3n) is 14.1. The molecule has 0 atom stereocenters. The summed E-state index contributed by atoms with van der Waals surface area (Å²) in [5, 5.41) is 23.6. The van der Waals surface area contributed by atoms with Crippen LogP contribution in [0.15, 0.2) is 187 Å². The third-order valence-corrected chi connectivity index (χ3v) is 15.3. The maximum absolute atomic E-state index is 12.0. The summed E-state index contributed by atoms with van der Waals surface area (Å²) in [4.78, 5) is 13.9. The molecule has 0 saturated heterocycles. The maximum atomic E-state index is 12.0. The van der Waals surface area contributed by atoms with Crippen LogP contribution in [0, 0.1) is 17.9 Å². The molecule has 0 amide bonds. The van der Waals surface area contributed by atoms with Gasteiger partial charge in [-0.25, -0.2) is 14.8 Å². The number of nitriles is 1. The fourth-order valence-corrected chi connectivity index (χ4v) is 12.6. The highest BCUT2D eigenvalue weighted by Crippen LogP contribution is 2.54. The van der Waals surface area contributed by atoms with Crippen molar-refractivity contribution in [2.75, 3.05) is 0 Å². The minimum Gasteiger partial charge on any atom is -0.456 e. The number of para-hydroxylation sites is 1. The van der Waals surface area contributed by atoms with E-state index in [1.807, 2.05) is 66.9 Å². The first-order valence-electron chi connectivity index (χ1n) is 22.4. The van der Waals surface area contributed by atoms with E-state index in [2.05, 4.69) is 134 Å². The Labute approximate surface area is 390 Å². The number of furan rings is 1. The standard InChI is InChI=1S/C60H30N6OS/c1-62-56-51(33-14-4-2-5-15-33)43(30-61)57(52(34-16-6-3-7-17-34)59(56)65-45-22-12-20-37-44-31-63-32-64-55(44)40-21-13-23-46(65)54(40)53(37)45)66-47-29-49-42(35-18-8-10-24-48(35)67-49)28-41(47)38-26-27-39-36-19-9-11-25-50(36)68-60(39)58(38)66/h2-29,31-32H. The predicted molar refractivity (Wildman–Crippen MR) is 279 cm³/mol. The first kappa shape index (κ1) is 36.9. The summed E-state index contributed by atoms with van der Waals surface area (Å²) in [7, 11) is 0. The first-order chi connectivity index (χ1) is 33.7. The minimum atomic E-state index is 0.383. The van der Waals surface area contributed by atoms with E-state index in [0.29, 0.717) is 28.2 Å². The van der Waals surface area contributed by atoms with Crippen molar-refractivity contribution in [1.82, 2.24) is 19.1 Å². The second-order valence-electron chi connectivity index (χ2n) is 17.4. The number of rotatable bonds is 4. The lowest BCUT2D eigenvalue weighted by molar-refractivity contribution is 0.669. The molecule has 0 bridgehead atoms. The molecule has 7 nitrogen and oxygen atoms in total. The molecule has 0 saturated carbocycles. The fraction of sp³-hybridized carbons (Fsp3) is 0. The van der Waals surface area contributed by atoms with Gasteiger partial charge in [-0.05, 0) is 46.8 Å². The Balaban J connectivity index is 1.24. The number of fused-ring (bicyclic) bond motifs is 13. The van der Waals surface area contributed by atoms with Gasteiger partial charge in [-0.15, -0.1) is 11.3 Å². The van der Waals surface area contributed by atoms with E-state index in [-0.39, 0.29) is 0 Å². The lowest BCUT2D eigenvalue weighted by Gasteiger charge is -2.25. The molecule has 0 fully saturated rings. The Bertz CT molecular complexity index is 4670. The van der Waals surface area contributed by atoms with Crippen LogP contribution in [0.4, 0.5) is 5.69 Å². The highest BCUT2D eigenvalue weighted by atomic mass is 32.1. The van der Waals surface area contributed by atoms with Gasteiger partial charge in [0.15, 0.2) is 0 Å². The number of benzene rings is 10. The number of aromatic nitrogens is 4. The Morgan fingerprint density at radius 2 is 1.22 bits per heavy atom. The van der Waals surface area contributed by atoms with Gasteiger partial charge in [0.1, 0.15) is 23.6 Å². The molecule has 0 radical (unpaired) electrons. The van der Waals surface area contributed by atoms with Crippen molar-refractivity contribution >= 4 is 124 Å². The molecule has 8 heteroatoms. The highest BCUT2D eigenvalue weighted by Gasteiger charge is 2.33. The zero-order valence-electron chi connectivity index (χ0n) is 35.8. The molecule has 0 aliphatic carbocycles. The Morgan fingerprint density at radius 3 is 2.00 bits per heavy atom. The lowest BCUT2D eigenvalue weighted by atomic mass is 9.88. The smallest absolute Gasteiger partial charge is 0.220 e. The first-order valence-corrected chi connectivity index (χ1v) is 23.2. The number of hydrogen-bond acceptors (Lipinski definition) is 5. The summed E-state index contributed by atoms with van der Waals surface area (Å²) in [5.74, 6) is 0. The average molecular weight is 883 g/mol. The van der Waals surface area contributed by atoms with E-state index >= 15 is 0 Å². The van der Waals surface area contributed by atoms with Crippen molar-refractivity contribution in [3.05, 3.63) is 199 Å². The molecule has 0 N–H and O–H groups in total. The van der Waals surface area contributed by atoms with Gasteiger partial charge in [-0.3, -0.25) is 0 Å². The van der Waals surface area contributed by atoms with Gasteiger partial charge in [0.05, 0.1) is 55.8 Å². The van der Waals surface area contributed by atoms with Crippen LogP contribution in [0.1, 0.15) is 5.56 Å². The average Bonchev–Trinajstić information content (AvgIpc) is 4.15. The van der Waals surface area contributed by atoms with E-state index in [1.54, 1.807) is 17.7 Å². The Hall–Kier alpha value is -9.34. The van der Waals surface area contributed by atoms with Gasteiger partial charge in [0.2, 0.25) is 5.69 Å². The number of thiophene rings is 1. The summed E-state index contributed by atoms with van der Waals surface area (Å²) < 4.78 is 13.6. The van der Waals surface area contributed by atoms with E-state index in [1.165, 1.54) is 10.1 Å². The summed E-state index contributed by atoms with van der Waals surface area (Å²) in [6.45, 7) is 9.31. The van der Waals surface area contributed by atoms with Crippen molar-refractivity contribution in [1.29, 1.82) is 5.26 Å². The quantitative estimate of drug-likeness (QED) is 0.130. The molecule has 0 aliphatic rings. The monoisotopic (exact) mass is 882 g/mol. The van der Waals surface area contributed by atoms with Crippen molar-refractivity contribution in [2.45, 2.75) is 0 Å². The van der Waals surface area contributed by atoms with Crippen LogP contribution in [-0.4, -0.2) is 19.1 Å². The van der Waals surface area contributed by atoms with Crippen LogP contribution >= 0.6 is 11.3 Å². The molecular weight excluding hydrogens is 853 g/mol. The normalized spacial score (nSPS) is 12.1. The summed E-state index contributed by atoms with van der Waals surface area (Å²) >= 11 is 1.77. The number of nitrogens with zero attached hydrogens (tertiary/aromatic N) is 6. The Morgan fingerprint density at radius 1 is 0.544 bits per heavy atom. The zero-order valence-corrected chi connectivity index (χ0v) is 36.6. The predicted octanol–water partition coefficient (Wildman–Crippen LogP) is 16.4. The van der Waals surface area contributed by atoms with Crippen LogP contribution in [0.2, 0.25) is 0 Å². The summed E-state index contributed by atoms with van der Waals surface area (Å²) in [6, 6.07) is 61.5. The van der Waals surface area contributed by atoms with Crippen LogP contribution in [0.25, 0.3) is 146 Å². The Kier molecular flexibility index (Phi) is 7.39. The van der Waals surface area contributed by atoms with Crippen LogP contribution in [-0.2, 0) is 0 Å². The molecule has 5 heterocycles. The molecule has 0 unspecified atom stereocenters. The van der Waals surface area contributed by atoms with Gasteiger partial charge in [0.25, 0.3) is 0 Å². The molecule has 10 aromatic carbocycles. The third kappa shape index (κ3) is 4.73. The molecule has 0 spiro atoms. The van der Waals surface area contributed by atoms with E-state index in [9.17, 15) is 11.8 Å². The van der Waals surface area contributed by atoms with Crippen LogP contribution < -0.4 is 0 Å². The van der Waals surface area contributed by atoms with Crippen molar-refractivity contribution in [3.8, 4) is 39.7 Å². The molecule has 15 rings (SSSR count). The van der Waals surface area contributed by atoms with Gasteiger partial charge in [0, 0.05) is 82.0 Å². The van der Waals surface area contributed by atoms with E-state index in [0.717, 1.165) is 114 Å². The summed E-state index contributed by atoms with van der Waals surface area (Å²) in [5.41, 5.74) is 11.3. The minimum absolute atomic E-state index is 0.383. The van der Waals surface area contributed by atoms with Crippen LogP contribution in [0.3, 0.4) is 0 Å². The van der Waals surface area contributed by atoms with Gasteiger partial charge in [-0.1, -0.05) is 133 Å².